The van der Waals surface area contributed by atoms with Gasteiger partial charge in [-0.1, -0.05) is 36.4 Å². The van der Waals surface area contributed by atoms with Gasteiger partial charge in [-0.05, 0) is 35.1 Å². The predicted octanol–water partition coefficient (Wildman–Crippen LogP) is 3.47. The van der Waals surface area contributed by atoms with E-state index in [1.165, 1.54) is 0 Å². The fraction of sp³-hybridized carbons (Fsp3) is 0.167. The summed E-state index contributed by atoms with van der Waals surface area (Å²) in [6, 6.07) is 15.3. The van der Waals surface area contributed by atoms with Crippen molar-refractivity contribution in [1.82, 2.24) is 9.71 Å². The van der Waals surface area contributed by atoms with Crippen LogP contribution in [0.4, 0.5) is 0 Å². The van der Waals surface area contributed by atoms with Crippen molar-refractivity contribution >= 4 is 21.4 Å². The summed E-state index contributed by atoms with van der Waals surface area (Å²) < 4.78 is 27.2. The highest BCUT2D eigenvalue weighted by Crippen LogP contribution is 2.23. The number of benzene rings is 1. The summed E-state index contributed by atoms with van der Waals surface area (Å²) >= 11 is 1.59. The Kier molecular flexibility index (Phi) is 5.40. The zero-order valence-corrected chi connectivity index (χ0v) is 14.7. The maximum atomic E-state index is 12.2. The largest absolute Gasteiger partial charge is 0.256 e. The number of hydrogen-bond acceptors (Lipinski definition) is 4. The molecule has 0 radical (unpaired) electrons. The van der Waals surface area contributed by atoms with E-state index in [4.69, 9.17) is 0 Å². The summed E-state index contributed by atoms with van der Waals surface area (Å²) in [5.41, 5.74) is 3.73. The van der Waals surface area contributed by atoms with Gasteiger partial charge in [-0.25, -0.2) is 13.1 Å². The molecule has 0 bridgehead atoms. The minimum absolute atomic E-state index is 0.0745. The van der Waals surface area contributed by atoms with Crippen LogP contribution in [0, 0.1) is 0 Å². The summed E-state index contributed by atoms with van der Waals surface area (Å²) in [7, 11) is -3.34. The summed E-state index contributed by atoms with van der Waals surface area (Å²) in [6.45, 7) is 0.246. The number of aromatic nitrogens is 1. The third kappa shape index (κ3) is 4.50. The molecular weight excluding hydrogens is 340 g/mol. The van der Waals surface area contributed by atoms with Crippen molar-refractivity contribution < 1.29 is 8.42 Å². The monoisotopic (exact) mass is 358 g/mol. The Balaban J connectivity index is 1.65. The van der Waals surface area contributed by atoms with E-state index in [1.807, 2.05) is 59.3 Å². The lowest BCUT2D eigenvalue weighted by Crippen LogP contribution is -2.27. The molecule has 0 saturated carbocycles. The first-order valence-electron chi connectivity index (χ1n) is 7.62. The number of nitrogens with zero attached hydrogens (tertiary/aromatic N) is 1. The van der Waals surface area contributed by atoms with Gasteiger partial charge in [0.05, 0.1) is 11.4 Å². The Labute approximate surface area is 146 Å². The van der Waals surface area contributed by atoms with Crippen molar-refractivity contribution in [3.8, 4) is 11.3 Å². The first-order valence-corrected chi connectivity index (χ1v) is 10.2. The summed E-state index contributed by atoms with van der Waals surface area (Å²) in [6.07, 6.45) is 2.22. The maximum Gasteiger partial charge on any atom is 0.212 e. The molecule has 0 saturated heterocycles. The van der Waals surface area contributed by atoms with Gasteiger partial charge < -0.3 is 0 Å². The van der Waals surface area contributed by atoms with Gasteiger partial charge in [-0.2, -0.15) is 11.3 Å². The van der Waals surface area contributed by atoms with Gasteiger partial charge in [0.1, 0.15) is 0 Å². The molecule has 0 amide bonds. The second-order valence-electron chi connectivity index (χ2n) is 5.40. The van der Waals surface area contributed by atoms with Crippen molar-refractivity contribution in [3.05, 3.63) is 76.6 Å². The number of rotatable bonds is 7. The van der Waals surface area contributed by atoms with Crippen LogP contribution in [-0.4, -0.2) is 19.2 Å². The van der Waals surface area contributed by atoms with Gasteiger partial charge >= 0.3 is 0 Å². The highest BCUT2D eigenvalue weighted by Gasteiger charge is 2.13. The number of thiophene rings is 1. The summed E-state index contributed by atoms with van der Waals surface area (Å²) in [4.78, 5) is 4.39. The molecule has 1 N–H and O–H groups in total. The molecule has 124 valence electrons. The highest BCUT2D eigenvalue weighted by atomic mass is 32.2. The van der Waals surface area contributed by atoms with Gasteiger partial charge in [0, 0.05) is 23.7 Å². The first-order chi connectivity index (χ1) is 11.6. The minimum Gasteiger partial charge on any atom is -0.256 e. The Morgan fingerprint density at radius 2 is 1.88 bits per heavy atom. The van der Waals surface area contributed by atoms with Crippen LogP contribution in [0.2, 0.25) is 0 Å². The molecule has 4 nitrogen and oxygen atoms in total. The number of sulfonamides is 1. The second-order valence-corrected chi connectivity index (χ2v) is 8.11. The number of aryl methyl sites for hydroxylation is 1. The normalized spacial score (nSPS) is 11.5. The fourth-order valence-corrected chi connectivity index (χ4v) is 4.06. The Bertz CT molecular complexity index is 876. The van der Waals surface area contributed by atoms with Gasteiger partial charge in [-0.3, -0.25) is 4.98 Å². The standard InChI is InChI=1S/C18H18N2O2S2/c21-24(22,12-9-15-5-2-1-3-6-15)20-13-16-7-4-10-19-18(16)17-8-11-23-14-17/h1-8,10-11,14,20H,9,12-13H2. The molecule has 0 aliphatic heterocycles. The van der Waals surface area contributed by atoms with E-state index < -0.39 is 10.0 Å². The van der Waals surface area contributed by atoms with Crippen LogP contribution >= 0.6 is 11.3 Å². The van der Waals surface area contributed by atoms with Crippen molar-refractivity contribution in [1.29, 1.82) is 0 Å². The molecule has 24 heavy (non-hydrogen) atoms. The molecule has 0 unspecified atom stereocenters. The molecule has 2 heterocycles. The second kappa shape index (κ2) is 7.70. The van der Waals surface area contributed by atoms with Gasteiger partial charge in [0.25, 0.3) is 0 Å². The van der Waals surface area contributed by atoms with Crippen molar-refractivity contribution in [3.63, 3.8) is 0 Å². The molecule has 0 aliphatic rings. The molecule has 3 rings (SSSR count). The van der Waals surface area contributed by atoms with Crippen LogP contribution in [0.5, 0.6) is 0 Å². The van der Waals surface area contributed by atoms with Crippen molar-refractivity contribution in [2.75, 3.05) is 5.75 Å². The van der Waals surface area contributed by atoms with E-state index in [0.29, 0.717) is 6.42 Å². The van der Waals surface area contributed by atoms with Crippen LogP contribution in [0.15, 0.2) is 65.5 Å². The molecule has 0 fully saturated rings. The lowest BCUT2D eigenvalue weighted by atomic mass is 10.1. The van der Waals surface area contributed by atoms with Crippen molar-refractivity contribution in [2.24, 2.45) is 0 Å². The molecule has 6 heteroatoms. The molecule has 0 spiro atoms. The summed E-state index contributed by atoms with van der Waals surface area (Å²) in [5.74, 6) is 0.0745. The average Bonchev–Trinajstić information content (AvgIpc) is 3.14. The van der Waals surface area contributed by atoms with Gasteiger partial charge in [-0.15, -0.1) is 0 Å². The maximum absolute atomic E-state index is 12.2. The quantitative estimate of drug-likeness (QED) is 0.703. The Hall–Kier alpha value is -2.02. The molecule has 2 aromatic heterocycles. The van der Waals surface area contributed by atoms with Gasteiger partial charge in [0.2, 0.25) is 10.0 Å². The number of nitrogens with one attached hydrogen (secondary N) is 1. The highest BCUT2D eigenvalue weighted by molar-refractivity contribution is 7.89. The van der Waals surface area contributed by atoms with E-state index in [2.05, 4.69) is 9.71 Å². The van der Waals surface area contributed by atoms with E-state index in [0.717, 1.165) is 22.4 Å². The lowest BCUT2D eigenvalue weighted by Gasteiger charge is -2.10. The van der Waals surface area contributed by atoms with E-state index >= 15 is 0 Å². The number of hydrogen-bond donors (Lipinski definition) is 1. The Morgan fingerprint density at radius 1 is 1.04 bits per heavy atom. The summed E-state index contributed by atoms with van der Waals surface area (Å²) in [5, 5.41) is 3.99. The molecule has 0 atom stereocenters. The molecule has 3 aromatic rings. The average molecular weight is 358 g/mol. The SMILES string of the molecule is O=S(=O)(CCc1ccccc1)NCc1cccnc1-c1ccsc1. The van der Waals surface area contributed by atoms with Gasteiger partial charge in [0.15, 0.2) is 0 Å². The topological polar surface area (TPSA) is 59.1 Å². The van der Waals surface area contributed by atoms with Crippen LogP contribution in [0.25, 0.3) is 11.3 Å². The predicted molar refractivity (Wildman–Crippen MR) is 98.3 cm³/mol. The van der Waals surface area contributed by atoms with Crippen LogP contribution in [0.3, 0.4) is 0 Å². The smallest absolute Gasteiger partial charge is 0.212 e. The zero-order chi connectivity index (χ0) is 16.8. The third-order valence-electron chi connectivity index (χ3n) is 3.67. The lowest BCUT2D eigenvalue weighted by molar-refractivity contribution is 0.580. The number of pyridine rings is 1. The zero-order valence-electron chi connectivity index (χ0n) is 13.1. The van der Waals surface area contributed by atoms with Crippen LogP contribution in [0.1, 0.15) is 11.1 Å². The Morgan fingerprint density at radius 3 is 2.62 bits per heavy atom. The van der Waals surface area contributed by atoms with Crippen molar-refractivity contribution in [2.45, 2.75) is 13.0 Å². The third-order valence-corrected chi connectivity index (χ3v) is 5.68. The minimum atomic E-state index is -3.34. The van der Waals surface area contributed by atoms with Crippen LogP contribution in [-0.2, 0) is 23.0 Å². The molecule has 1 aromatic carbocycles. The molecular formula is C18H18N2O2S2. The van der Waals surface area contributed by atoms with E-state index in [1.54, 1.807) is 17.5 Å². The van der Waals surface area contributed by atoms with Crippen LogP contribution < -0.4 is 4.72 Å². The molecule has 0 aliphatic carbocycles. The first kappa shape index (κ1) is 16.8. The van der Waals surface area contributed by atoms with E-state index in [-0.39, 0.29) is 12.3 Å². The fourth-order valence-electron chi connectivity index (χ4n) is 2.40. The van der Waals surface area contributed by atoms with E-state index in [9.17, 15) is 8.42 Å².